The summed E-state index contributed by atoms with van der Waals surface area (Å²) in [6, 6.07) is 0. The molecule has 1 aliphatic rings. The molecule has 0 aromatic carbocycles. The quantitative estimate of drug-likeness (QED) is 0.667. The summed E-state index contributed by atoms with van der Waals surface area (Å²) >= 11 is 0. The number of alkyl halides is 1. The van der Waals surface area contributed by atoms with Gasteiger partial charge in [0.1, 0.15) is 0 Å². The van der Waals surface area contributed by atoms with Crippen LogP contribution in [0.5, 0.6) is 0 Å². The van der Waals surface area contributed by atoms with Gasteiger partial charge in [-0.05, 0) is 38.3 Å². The topological polar surface area (TPSA) is 49.3 Å². The predicted octanol–water partition coefficient (Wildman–Crippen LogP) is 1.83. The van der Waals surface area contributed by atoms with Crippen LogP contribution in [-0.4, -0.2) is 30.8 Å². The summed E-state index contributed by atoms with van der Waals surface area (Å²) in [7, 11) is 0. The van der Waals surface area contributed by atoms with Crippen molar-refractivity contribution in [3.05, 3.63) is 0 Å². The summed E-state index contributed by atoms with van der Waals surface area (Å²) in [5.41, 5.74) is 0. The number of carboxylic acid groups (broad SMARTS) is 1. The molecule has 2 unspecified atom stereocenters. The molecule has 0 saturated heterocycles. The lowest BCUT2D eigenvalue weighted by Crippen LogP contribution is -2.35. The number of hydrogen-bond donors (Lipinski definition) is 2. The van der Waals surface area contributed by atoms with Crippen molar-refractivity contribution in [2.24, 2.45) is 11.8 Å². The van der Waals surface area contributed by atoms with E-state index in [2.05, 4.69) is 5.32 Å². The van der Waals surface area contributed by atoms with Crippen LogP contribution in [-0.2, 0) is 4.79 Å². The summed E-state index contributed by atoms with van der Waals surface area (Å²) in [6.45, 7) is 1.07. The Morgan fingerprint density at radius 1 is 1.40 bits per heavy atom. The maximum Gasteiger partial charge on any atom is 0.306 e. The first-order valence-corrected chi connectivity index (χ1v) is 5.75. The molecule has 0 radical (unpaired) electrons. The molecule has 0 heterocycles. The molecule has 0 spiro atoms. The SMILES string of the molecule is O=C(O)C1CCCCC1CNCCCF. The summed E-state index contributed by atoms with van der Waals surface area (Å²) in [5, 5.41) is 12.2. The minimum atomic E-state index is -0.674. The number of nitrogens with one attached hydrogen (secondary N) is 1. The lowest BCUT2D eigenvalue weighted by Gasteiger charge is -2.28. The van der Waals surface area contributed by atoms with Crippen molar-refractivity contribution < 1.29 is 14.3 Å². The van der Waals surface area contributed by atoms with Crippen LogP contribution in [0.25, 0.3) is 0 Å². The van der Waals surface area contributed by atoms with Gasteiger partial charge in [-0.3, -0.25) is 9.18 Å². The van der Waals surface area contributed by atoms with Gasteiger partial charge in [0.25, 0.3) is 0 Å². The fraction of sp³-hybridized carbons (Fsp3) is 0.909. The van der Waals surface area contributed by atoms with E-state index in [4.69, 9.17) is 5.11 Å². The highest BCUT2D eigenvalue weighted by Crippen LogP contribution is 2.29. The normalized spacial score (nSPS) is 26.5. The average molecular weight is 217 g/mol. The third kappa shape index (κ3) is 4.16. The molecule has 0 aromatic heterocycles. The highest BCUT2D eigenvalue weighted by molar-refractivity contribution is 5.70. The molecule has 0 bridgehead atoms. The minimum Gasteiger partial charge on any atom is -0.481 e. The zero-order valence-electron chi connectivity index (χ0n) is 9.04. The second kappa shape index (κ2) is 6.77. The Balaban J connectivity index is 2.26. The highest BCUT2D eigenvalue weighted by atomic mass is 19.1. The minimum absolute atomic E-state index is 0.198. The third-order valence-electron chi connectivity index (χ3n) is 3.12. The van der Waals surface area contributed by atoms with Crippen LogP contribution in [0.1, 0.15) is 32.1 Å². The molecule has 1 aliphatic carbocycles. The molecule has 1 saturated carbocycles. The first-order valence-electron chi connectivity index (χ1n) is 5.75. The number of rotatable bonds is 6. The molecule has 0 amide bonds. The van der Waals surface area contributed by atoms with Gasteiger partial charge in [-0.25, -0.2) is 0 Å². The zero-order valence-corrected chi connectivity index (χ0v) is 9.04. The van der Waals surface area contributed by atoms with Gasteiger partial charge in [-0.15, -0.1) is 0 Å². The van der Waals surface area contributed by atoms with Crippen molar-refractivity contribution in [2.45, 2.75) is 32.1 Å². The lowest BCUT2D eigenvalue weighted by atomic mass is 9.79. The maximum atomic E-state index is 11.8. The van der Waals surface area contributed by atoms with Crippen molar-refractivity contribution in [3.63, 3.8) is 0 Å². The Bertz CT molecular complexity index is 199. The smallest absolute Gasteiger partial charge is 0.306 e. The molecule has 1 fully saturated rings. The van der Waals surface area contributed by atoms with Crippen LogP contribution in [0.15, 0.2) is 0 Å². The van der Waals surface area contributed by atoms with Gasteiger partial charge in [-0.2, -0.15) is 0 Å². The number of carboxylic acids is 1. The van der Waals surface area contributed by atoms with E-state index in [1.807, 2.05) is 0 Å². The second-order valence-corrected chi connectivity index (χ2v) is 4.24. The molecular weight excluding hydrogens is 197 g/mol. The second-order valence-electron chi connectivity index (χ2n) is 4.24. The van der Waals surface area contributed by atoms with E-state index in [-0.39, 0.29) is 18.5 Å². The molecule has 88 valence electrons. The first-order chi connectivity index (χ1) is 7.25. The van der Waals surface area contributed by atoms with Crippen molar-refractivity contribution in [1.82, 2.24) is 5.32 Å². The van der Waals surface area contributed by atoms with Crippen molar-refractivity contribution in [1.29, 1.82) is 0 Å². The van der Waals surface area contributed by atoms with Crippen molar-refractivity contribution in [2.75, 3.05) is 19.8 Å². The van der Waals surface area contributed by atoms with Crippen LogP contribution in [0, 0.1) is 11.8 Å². The highest BCUT2D eigenvalue weighted by Gasteiger charge is 2.30. The Morgan fingerprint density at radius 3 is 2.80 bits per heavy atom. The monoisotopic (exact) mass is 217 g/mol. The van der Waals surface area contributed by atoms with E-state index in [0.29, 0.717) is 13.0 Å². The fourth-order valence-corrected chi connectivity index (χ4v) is 2.26. The summed E-state index contributed by atoms with van der Waals surface area (Å²) in [4.78, 5) is 11.0. The standard InChI is InChI=1S/C11H20FNO2/c12-6-3-7-13-8-9-4-1-2-5-10(9)11(14)15/h9-10,13H,1-8H2,(H,14,15). The summed E-state index contributed by atoms with van der Waals surface area (Å²) in [6.07, 6.45) is 4.45. The van der Waals surface area contributed by atoms with Gasteiger partial charge >= 0.3 is 5.97 Å². The molecule has 0 aliphatic heterocycles. The van der Waals surface area contributed by atoms with Crippen LogP contribution >= 0.6 is 0 Å². The van der Waals surface area contributed by atoms with Crippen LogP contribution in [0.3, 0.4) is 0 Å². The largest absolute Gasteiger partial charge is 0.481 e. The summed E-state index contributed by atoms with van der Waals surface area (Å²) < 4.78 is 11.8. The summed E-state index contributed by atoms with van der Waals surface area (Å²) in [5.74, 6) is -0.639. The zero-order chi connectivity index (χ0) is 11.1. The van der Waals surface area contributed by atoms with Crippen LogP contribution in [0.4, 0.5) is 4.39 Å². The molecule has 2 N–H and O–H groups in total. The van der Waals surface area contributed by atoms with Crippen LogP contribution < -0.4 is 5.32 Å². The van der Waals surface area contributed by atoms with Crippen molar-refractivity contribution >= 4 is 5.97 Å². The molecule has 0 aromatic rings. The van der Waals surface area contributed by atoms with Gasteiger partial charge < -0.3 is 10.4 Å². The van der Waals surface area contributed by atoms with E-state index in [0.717, 1.165) is 32.2 Å². The van der Waals surface area contributed by atoms with E-state index >= 15 is 0 Å². The molecule has 15 heavy (non-hydrogen) atoms. The van der Waals surface area contributed by atoms with Gasteiger partial charge in [0.15, 0.2) is 0 Å². The number of halogens is 1. The maximum absolute atomic E-state index is 11.8. The van der Waals surface area contributed by atoms with E-state index < -0.39 is 5.97 Å². The first kappa shape index (κ1) is 12.4. The molecule has 2 atom stereocenters. The van der Waals surface area contributed by atoms with E-state index in [1.165, 1.54) is 0 Å². The average Bonchev–Trinajstić information content (AvgIpc) is 2.25. The number of carbonyl (C=O) groups is 1. The molecule has 1 rings (SSSR count). The molecule has 4 heteroatoms. The predicted molar refractivity (Wildman–Crippen MR) is 56.5 cm³/mol. The van der Waals surface area contributed by atoms with Gasteiger partial charge in [-0.1, -0.05) is 12.8 Å². The molecule has 3 nitrogen and oxygen atoms in total. The van der Waals surface area contributed by atoms with Crippen molar-refractivity contribution in [3.8, 4) is 0 Å². The third-order valence-corrected chi connectivity index (χ3v) is 3.12. The van der Waals surface area contributed by atoms with Gasteiger partial charge in [0.05, 0.1) is 12.6 Å². The van der Waals surface area contributed by atoms with Gasteiger partial charge in [0, 0.05) is 0 Å². The Labute approximate surface area is 90.1 Å². The molecular formula is C11H20FNO2. The number of hydrogen-bond acceptors (Lipinski definition) is 2. The number of aliphatic carboxylic acids is 1. The Kier molecular flexibility index (Phi) is 5.61. The Morgan fingerprint density at radius 2 is 2.13 bits per heavy atom. The fourth-order valence-electron chi connectivity index (χ4n) is 2.26. The Hall–Kier alpha value is -0.640. The lowest BCUT2D eigenvalue weighted by molar-refractivity contribution is -0.144. The van der Waals surface area contributed by atoms with E-state index in [9.17, 15) is 9.18 Å². The van der Waals surface area contributed by atoms with Gasteiger partial charge in [0.2, 0.25) is 0 Å². The van der Waals surface area contributed by atoms with Crippen LogP contribution in [0.2, 0.25) is 0 Å². The van der Waals surface area contributed by atoms with E-state index in [1.54, 1.807) is 0 Å².